The number of sulfone groups is 1. The van der Waals surface area contributed by atoms with Crippen molar-refractivity contribution < 1.29 is 13.2 Å². The fraction of sp³-hybridized carbons (Fsp3) is 0.320. The molecule has 0 unspecified atom stereocenters. The van der Waals surface area contributed by atoms with Gasteiger partial charge in [-0.2, -0.15) is 0 Å². The summed E-state index contributed by atoms with van der Waals surface area (Å²) in [7, 11) is -2.08. The van der Waals surface area contributed by atoms with E-state index in [0.717, 1.165) is 16.8 Å². The van der Waals surface area contributed by atoms with Crippen molar-refractivity contribution in [3.63, 3.8) is 0 Å². The summed E-state index contributed by atoms with van der Waals surface area (Å²) in [5.74, 6) is 0.698. The molecule has 0 saturated heterocycles. The summed E-state index contributed by atoms with van der Waals surface area (Å²) in [6, 6.07) is 9.30. The van der Waals surface area contributed by atoms with Crippen LogP contribution in [0.1, 0.15) is 42.5 Å². The molecule has 0 spiro atoms. The number of aromatic nitrogens is 6. The second-order valence-electron chi connectivity index (χ2n) is 8.58. The Bertz CT molecular complexity index is 1430. The molecular weight excluding hydrogens is 464 g/mol. The van der Waals surface area contributed by atoms with Gasteiger partial charge >= 0.3 is 0 Å². The molecule has 9 nitrogen and oxygen atoms in total. The normalized spacial score (nSPS) is 13.4. The maximum atomic E-state index is 13.5. The summed E-state index contributed by atoms with van der Waals surface area (Å²) in [6.07, 6.45) is 6.70. The average molecular weight is 493 g/mol. The second kappa shape index (κ2) is 9.91. The maximum absolute atomic E-state index is 13.5. The molecule has 1 aromatic carbocycles. The van der Waals surface area contributed by atoms with Crippen LogP contribution in [0.3, 0.4) is 0 Å². The van der Waals surface area contributed by atoms with E-state index in [0.29, 0.717) is 28.8 Å². The second-order valence-corrected chi connectivity index (χ2v) is 10.9. The maximum Gasteiger partial charge on any atom is 0.170 e. The Morgan fingerprint density at radius 2 is 1.77 bits per heavy atom. The summed E-state index contributed by atoms with van der Waals surface area (Å²) in [4.78, 5) is 12.9. The highest BCUT2D eigenvalue weighted by atomic mass is 32.2. The van der Waals surface area contributed by atoms with E-state index in [-0.39, 0.29) is 11.7 Å². The van der Waals surface area contributed by atoms with Crippen LogP contribution < -0.4 is 4.74 Å². The van der Waals surface area contributed by atoms with Crippen LogP contribution in [-0.2, 0) is 15.6 Å². The summed E-state index contributed by atoms with van der Waals surface area (Å²) in [6.45, 7) is 7.31. The number of benzene rings is 1. The molecule has 0 N–H and O–H groups in total. The number of nitrogens with zero attached hydrogens (tertiary/aromatic N) is 6. The van der Waals surface area contributed by atoms with Gasteiger partial charge < -0.3 is 4.74 Å². The Labute approximate surface area is 205 Å². The third-order valence-corrected chi connectivity index (χ3v) is 8.26. The first-order valence-corrected chi connectivity index (χ1v) is 12.9. The largest absolute Gasteiger partial charge is 0.495 e. The zero-order valence-electron chi connectivity index (χ0n) is 20.4. The van der Waals surface area contributed by atoms with Crippen LogP contribution in [0, 0.1) is 13.8 Å². The van der Waals surface area contributed by atoms with Crippen LogP contribution in [0.4, 0.5) is 0 Å². The van der Waals surface area contributed by atoms with Gasteiger partial charge in [0.05, 0.1) is 29.4 Å². The molecule has 35 heavy (non-hydrogen) atoms. The highest BCUT2D eigenvalue weighted by Crippen LogP contribution is 2.31. The molecule has 0 radical (unpaired) electrons. The van der Waals surface area contributed by atoms with Gasteiger partial charge in [0.15, 0.2) is 21.5 Å². The number of hydrogen-bond acceptors (Lipinski definition) is 8. The summed E-state index contributed by atoms with van der Waals surface area (Å²) in [5, 5.41) is 7.96. The zero-order valence-corrected chi connectivity index (χ0v) is 21.2. The molecule has 0 saturated carbocycles. The van der Waals surface area contributed by atoms with Crippen molar-refractivity contribution in [2.75, 3.05) is 7.11 Å². The van der Waals surface area contributed by atoms with E-state index in [2.05, 4.69) is 25.1 Å². The van der Waals surface area contributed by atoms with E-state index in [1.165, 1.54) is 0 Å². The van der Waals surface area contributed by atoms with Gasteiger partial charge in [-0.15, -0.1) is 10.2 Å². The Balaban J connectivity index is 1.77. The standard InChI is InChI=1S/C25H28N6O3S/c1-16-10-20(13-26-11-16)25-30-29-24(31(25)22-8-6-7-9-23(22)34-5)15-35(32,33)19(4)18(3)21-14-27-17(2)12-28-21/h6-14,18-19H,15H2,1-5H3/t18-,19-/m0/s1. The van der Waals surface area contributed by atoms with E-state index < -0.39 is 15.1 Å². The predicted octanol–water partition coefficient (Wildman–Crippen LogP) is 3.85. The minimum atomic E-state index is -3.65. The number of ether oxygens (including phenoxy) is 1. The van der Waals surface area contributed by atoms with Gasteiger partial charge in [0.1, 0.15) is 11.5 Å². The minimum absolute atomic E-state index is 0.292. The molecule has 4 rings (SSSR count). The summed E-state index contributed by atoms with van der Waals surface area (Å²) < 4.78 is 34.4. The van der Waals surface area contributed by atoms with Crippen molar-refractivity contribution in [2.45, 2.75) is 44.6 Å². The molecule has 0 amide bonds. The van der Waals surface area contributed by atoms with E-state index in [1.807, 2.05) is 51.1 Å². The fourth-order valence-corrected chi connectivity index (χ4v) is 5.41. The van der Waals surface area contributed by atoms with Crippen molar-refractivity contribution in [2.24, 2.45) is 0 Å². The Morgan fingerprint density at radius 3 is 2.46 bits per heavy atom. The molecule has 3 aromatic heterocycles. The summed E-state index contributed by atoms with van der Waals surface area (Å²) >= 11 is 0. The molecule has 182 valence electrons. The molecule has 0 aliphatic carbocycles. The van der Waals surface area contributed by atoms with Gasteiger partial charge in [-0.25, -0.2) is 8.42 Å². The molecule has 4 aromatic rings. The van der Waals surface area contributed by atoms with E-state index in [9.17, 15) is 8.42 Å². The van der Waals surface area contributed by atoms with E-state index in [1.54, 1.807) is 43.4 Å². The van der Waals surface area contributed by atoms with E-state index in [4.69, 9.17) is 4.74 Å². The van der Waals surface area contributed by atoms with Crippen molar-refractivity contribution in [1.29, 1.82) is 0 Å². The number of methoxy groups -OCH3 is 1. The van der Waals surface area contributed by atoms with Gasteiger partial charge in [-0.3, -0.25) is 19.5 Å². The fourth-order valence-electron chi connectivity index (χ4n) is 3.84. The highest BCUT2D eigenvalue weighted by molar-refractivity contribution is 7.91. The van der Waals surface area contributed by atoms with Gasteiger partial charge in [0, 0.05) is 36.3 Å². The van der Waals surface area contributed by atoms with Crippen molar-refractivity contribution in [3.05, 3.63) is 77.9 Å². The van der Waals surface area contributed by atoms with Crippen LogP contribution in [0.5, 0.6) is 5.75 Å². The number of rotatable bonds is 8. The number of hydrogen-bond donors (Lipinski definition) is 0. The lowest BCUT2D eigenvalue weighted by Crippen LogP contribution is -2.27. The van der Waals surface area contributed by atoms with Crippen LogP contribution in [0.25, 0.3) is 17.1 Å². The van der Waals surface area contributed by atoms with Crippen LogP contribution >= 0.6 is 0 Å². The molecular formula is C25H28N6O3S. The average Bonchev–Trinajstić information content (AvgIpc) is 3.26. The SMILES string of the molecule is COc1ccccc1-n1c(CS(=O)(=O)[C@@H](C)[C@H](C)c2cnc(C)cn2)nnc1-c1cncc(C)c1. The molecule has 0 bridgehead atoms. The third-order valence-electron chi connectivity index (χ3n) is 6.06. The highest BCUT2D eigenvalue weighted by Gasteiger charge is 2.32. The number of para-hydroxylation sites is 2. The molecule has 2 atom stereocenters. The monoisotopic (exact) mass is 492 g/mol. The number of aryl methyl sites for hydroxylation is 2. The Morgan fingerprint density at radius 1 is 1.00 bits per heavy atom. The Kier molecular flexibility index (Phi) is 6.93. The topological polar surface area (TPSA) is 113 Å². The minimum Gasteiger partial charge on any atom is -0.495 e. The van der Waals surface area contributed by atoms with Gasteiger partial charge in [-0.1, -0.05) is 19.1 Å². The van der Waals surface area contributed by atoms with Gasteiger partial charge in [0.2, 0.25) is 0 Å². The van der Waals surface area contributed by atoms with Crippen LogP contribution in [-0.4, -0.2) is 50.5 Å². The molecule has 10 heteroatoms. The van der Waals surface area contributed by atoms with Crippen molar-refractivity contribution in [3.8, 4) is 22.8 Å². The predicted molar refractivity (Wildman–Crippen MR) is 133 cm³/mol. The van der Waals surface area contributed by atoms with Gasteiger partial charge in [-0.05, 0) is 44.5 Å². The lowest BCUT2D eigenvalue weighted by molar-refractivity contribution is 0.412. The van der Waals surface area contributed by atoms with Crippen LogP contribution in [0.15, 0.2) is 55.1 Å². The quantitative estimate of drug-likeness (QED) is 0.364. The Hall–Kier alpha value is -3.66. The lowest BCUT2D eigenvalue weighted by Gasteiger charge is -2.20. The smallest absolute Gasteiger partial charge is 0.170 e. The first kappa shape index (κ1) is 24.5. The first-order chi connectivity index (χ1) is 16.7. The third kappa shape index (κ3) is 5.07. The number of pyridine rings is 1. The zero-order chi connectivity index (χ0) is 25.2. The van der Waals surface area contributed by atoms with Crippen LogP contribution in [0.2, 0.25) is 0 Å². The molecule has 0 fully saturated rings. The van der Waals surface area contributed by atoms with Crippen molar-refractivity contribution in [1.82, 2.24) is 29.7 Å². The van der Waals surface area contributed by atoms with Crippen molar-refractivity contribution >= 4 is 9.84 Å². The first-order valence-electron chi connectivity index (χ1n) is 11.2. The summed E-state index contributed by atoms with van der Waals surface area (Å²) in [5.41, 5.74) is 3.73. The molecule has 0 aliphatic rings. The molecule has 3 heterocycles. The molecule has 0 aliphatic heterocycles. The lowest BCUT2D eigenvalue weighted by atomic mass is 10.1. The van der Waals surface area contributed by atoms with E-state index >= 15 is 0 Å². The van der Waals surface area contributed by atoms with Gasteiger partial charge in [0.25, 0.3) is 0 Å².